The van der Waals surface area contributed by atoms with Crippen molar-refractivity contribution in [2.75, 3.05) is 7.11 Å². The summed E-state index contributed by atoms with van der Waals surface area (Å²) < 4.78 is 10.5. The molecule has 90 valence electrons. The van der Waals surface area contributed by atoms with Gasteiger partial charge in [-0.25, -0.2) is 0 Å². The van der Waals surface area contributed by atoms with Crippen LogP contribution in [-0.4, -0.2) is 24.1 Å². The molecule has 0 spiro atoms. The molecule has 1 atom stereocenters. The van der Waals surface area contributed by atoms with Gasteiger partial charge in [0.1, 0.15) is 5.92 Å². The van der Waals surface area contributed by atoms with Crippen LogP contribution in [0.5, 0.6) is 11.5 Å². The summed E-state index contributed by atoms with van der Waals surface area (Å²) in [6.07, 6.45) is 0.335. The average Bonchev–Trinajstić information content (AvgIpc) is 2.36. The third kappa shape index (κ3) is 1.89. The summed E-state index contributed by atoms with van der Waals surface area (Å²) in [6, 6.07) is 5.32. The molecule has 6 nitrogen and oxygen atoms in total. The first-order valence-corrected chi connectivity index (χ1v) is 5.02. The van der Waals surface area contributed by atoms with Crippen LogP contribution in [0.25, 0.3) is 0 Å². The number of hydrogen-bond donors (Lipinski definition) is 2. The zero-order chi connectivity index (χ0) is 12.4. The number of nitrogens with two attached hydrogens (primary N) is 1. The van der Waals surface area contributed by atoms with Crippen molar-refractivity contribution in [1.82, 2.24) is 0 Å². The second-order valence-electron chi connectivity index (χ2n) is 3.65. The molecule has 0 aromatic heterocycles. The molecule has 0 unspecified atom stereocenters. The van der Waals surface area contributed by atoms with Crippen molar-refractivity contribution >= 4 is 11.8 Å². The minimum absolute atomic E-state index is 0.102. The van der Waals surface area contributed by atoms with E-state index < -0.39 is 11.8 Å². The van der Waals surface area contributed by atoms with E-state index in [2.05, 4.69) is 5.16 Å². The number of primary amides is 1. The Balaban J connectivity index is 2.46. The Hall–Kier alpha value is -2.24. The molecule has 1 amide bonds. The Labute approximate surface area is 97.6 Å². The van der Waals surface area contributed by atoms with E-state index in [9.17, 15) is 4.79 Å². The molecule has 0 bridgehead atoms. The van der Waals surface area contributed by atoms with Crippen LogP contribution in [0.4, 0.5) is 0 Å². The van der Waals surface area contributed by atoms with Gasteiger partial charge in [-0.3, -0.25) is 4.79 Å². The zero-order valence-electron chi connectivity index (χ0n) is 9.21. The Bertz CT molecular complexity index is 484. The minimum Gasteiger partial charge on any atom is -0.493 e. The molecule has 0 aliphatic carbocycles. The van der Waals surface area contributed by atoms with Gasteiger partial charge in [0, 0.05) is 5.56 Å². The van der Waals surface area contributed by atoms with Gasteiger partial charge in [0.15, 0.2) is 11.5 Å². The molecule has 2 rings (SSSR count). The van der Waals surface area contributed by atoms with Crippen molar-refractivity contribution in [3.8, 4) is 11.5 Å². The number of carbonyl (C=O) groups excluding carboxylic acids is 1. The van der Waals surface area contributed by atoms with E-state index in [0.717, 1.165) is 5.56 Å². The summed E-state index contributed by atoms with van der Waals surface area (Å²) in [5.41, 5.74) is 6.01. The van der Waals surface area contributed by atoms with Gasteiger partial charge in [-0.15, -0.1) is 0 Å². The van der Waals surface area contributed by atoms with Crippen LogP contribution in [0, 0.1) is 5.92 Å². The number of fused-ring (bicyclic) bond motifs is 1. The molecule has 3 N–H and O–H groups in total. The van der Waals surface area contributed by atoms with Gasteiger partial charge in [0.25, 0.3) is 0 Å². The Morgan fingerprint density at radius 1 is 1.65 bits per heavy atom. The fourth-order valence-corrected chi connectivity index (χ4v) is 1.79. The van der Waals surface area contributed by atoms with Crippen LogP contribution in [0.2, 0.25) is 0 Å². The molecule has 0 fully saturated rings. The lowest BCUT2D eigenvalue weighted by molar-refractivity contribution is -0.120. The topological polar surface area (TPSA) is 94.1 Å². The molecule has 0 radical (unpaired) electrons. The maximum atomic E-state index is 11.2. The summed E-state index contributed by atoms with van der Waals surface area (Å²) in [5, 5.41) is 11.8. The summed E-state index contributed by atoms with van der Waals surface area (Å²) in [7, 11) is 1.51. The van der Waals surface area contributed by atoms with Crippen molar-refractivity contribution in [2.45, 2.75) is 6.42 Å². The van der Waals surface area contributed by atoms with Gasteiger partial charge in [-0.2, -0.15) is 0 Å². The molecule has 0 saturated carbocycles. The molecule has 17 heavy (non-hydrogen) atoms. The van der Waals surface area contributed by atoms with Crippen molar-refractivity contribution < 1.29 is 19.5 Å². The summed E-state index contributed by atoms with van der Waals surface area (Å²) in [4.78, 5) is 11.2. The lowest BCUT2D eigenvalue weighted by atomic mass is 9.95. The maximum Gasteiger partial charge on any atom is 0.244 e. The zero-order valence-corrected chi connectivity index (χ0v) is 9.21. The van der Waals surface area contributed by atoms with E-state index in [1.54, 1.807) is 12.1 Å². The highest BCUT2D eigenvalue weighted by atomic mass is 16.5. The Morgan fingerprint density at radius 3 is 3.00 bits per heavy atom. The van der Waals surface area contributed by atoms with Crippen molar-refractivity contribution in [2.24, 2.45) is 16.8 Å². The smallest absolute Gasteiger partial charge is 0.244 e. The second-order valence-corrected chi connectivity index (χ2v) is 3.65. The minimum atomic E-state index is -0.750. The van der Waals surface area contributed by atoms with Gasteiger partial charge < -0.3 is 20.4 Å². The van der Waals surface area contributed by atoms with Crippen molar-refractivity contribution in [3.05, 3.63) is 23.8 Å². The molecule has 1 heterocycles. The largest absolute Gasteiger partial charge is 0.493 e. The number of para-hydroxylation sites is 1. The first-order chi connectivity index (χ1) is 8.17. The maximum absolute atomic E-state index is 11.2. The number of nitrogens with zero attached hydrogens (tertiary/aromatic N) is 1. The highest BCUT2D eigenvalue weighted by Gasteiger charge is 2.33. The van der Waals surface area contributed by atoms with Crippen LogP contribution in [-0.2, 0) is 11.2 Å². The number of rotatable bonds is 2. The van der Waals surface area contributed by atoms with Gasteiger partial charge in [-0.05, 0) is 12.5 Å². The average molecular weight is 236 g/mol. The highest BCUT2D eigenvalue weighted by Crippen LogP contribution is 2.36. The summed E-state index contributed by atoms with van der Waals surface area (Å²) in [6.45, 7) is 0. The first-order valence-electron chi connectivity index (χ1n) is 5.02. The fourth-order valence-electron chi connectivity index (χ4n) is 1.79. The molecular weight excluding hydrogens is 224 g/mol. The van der Waals surface area contributed by atoms with Gasteiger partial charge >= 0.3 is 0 Å². The van der Waals surface area contributed by atoms with Crippen LogP contribution in [0.1, 0.15) is 5.56 Å². The van der Waals surface area contributed by atoms with Crippen molar-refractivity contribution in [1.29, 1.82) is 0 Å². The van der Waals surface area contributed by atoms with E-state index in [4.69, 9.17) is 20.4 Å². The first kappa shape index (κ1) is 11.3. The number of amides is 1. The Morgan fingerprint density at radius 2 is 2.41 bits per heavy atom. The van der Waals surface area contributed by atoms with Gasteiger partial charge in [0.2, 0.25) is 11.8 Å². The predicted octanol–water partition coefficient (Wildman–Crippen LogP) is 0.519. The highest BCUT2D eigenvalue weighted by molar-refractivity contribution is 6.01. The number of oxime groups is 1. The van der Waals surface area contributed by atoms with Gasteiger partial charge in [0.05, 0.1) is 7.11 Å². The third-order valence-electron chi connectivity index (χ3n) is 2.65. The lowest BCUT2D eigenvalue weighted by Crippen LogP contribution is -2.38. The van der Waals surface area contributed by atoms with Crippen LogP contribution in [0.3, 0.4) is 0 Å². The van der Waals surface area contributed by atoms with Gasteiger partial charge in [-0.1, -0.05) is 17.3 Å². The number of hydrogen-bond acceptors (Lipinski definition) is 5. The van der Waals surface area contributed by atoms with E-state index >= 15 is 0 Å². The number of ether oxygens (including phenoxy) is 2. The number of methoxy groups -OCH3 is 1. The lowest BCUT2D eigenvalue weighted by Gasteiger charge is -2.24. The van der Waals surface area contributed by atoms with E-state index in [1.807, 2.05) is 6.07 Å². The SMILES string of the molecule is COc1cccc2c1O/C(=N/O)[C@H](C(N)=O)C2. The summed E-state index contributed by atoms with van der Waals surface area (Å²) >= 11 is 0. The molecule has 1 aliphatic rings. The monoisotopic (exact) mass is 236 g/mol. The second kappa shape index (κ2) is 4.32. The number of carbonyl (C=O) groups is 1. The Kier molecular flexibility index (Phi) is 2.86. The van der Waals surface area contributed by atoms with Crippen LogP contribution >= 0.6 is 0 Å². The van der Waals surface area contributed by atoms with E-state index in [0.29, 0.717) is 17.9 Å². The quantitative estimate of drug-likeness (QED) is 0.578. The van der Waals surface area contributed by atoms with E-state index in [-0.39, 0.29) is 5.90 Å². The van der Waals surface area contributed by atoms with Crippen molar-refractivity contribution in [3.63, 3.8) is 0 Å². The summed E-state index contributed by atoms with van der Waals surface area (Å²) in [5.74, 6) is -0.466. The van der Waals surface area contributed by atoms with Crippen LogP contribution < -0.4 is 15.2 Å². The molecule has 1 aromatic carbocycles. The molecule has 6 heteroatoms. The predicted molar refractivity (Wildman–Crippen MR) is 59.2 cm³/mol. The fraction of sp³-hybridized carbons (Fsp3) is 0.273. The molecular formula is C11H12N2O4. The molecule has 1 aliphatic heterocycles. The molecule has 1 aromatic rings. The number of benzene rings is 1. The normalized spacial score (nSPS) is 20.5. The third-order valence-corrected chi connectivity index (χ3v) is 2.65. The standard InChI is InChI=1S/C11H12N2O4/c1-16-8-4-2-3-6-5-7(10(12)14)11(13-15)17-9(6)8/h2-4,7,15H,5H2,1H3,(H2,12,14)/b13-11+/t7-/m0/s1. The molecule has 0 saturated heterocycles. The van der Waals surface area contributed by atoms with Crippen LogP contribution in [0.15, 0.2) is 23.4 Å². The van der Waals surface area contributed by atoms with E-state index in [1.165, 1.54) is 7.11 Å².